The van der Waals surface area contributed by atoms with Gasteiger partial charge in [0.15, 0.2) is 11.0 Å². The summed E-state index contributed by atoms with van der Waals surface area (Å²) in [5.74, 6) is 1.54. The molecule has 2 aromatic heterocycles. The molecule has 0 radical (unpaired) electrons. The summed E-state index contributed by atoms with van der Waals surface area (Å²) in [6.07, 6.45) is 1.43. The van der Waals surface area contributed by atoms with Gasteiger partial charge in [-0.15, -0.1) is 10.2 Å². The van der Waals surface area contributed by atoms with Crippen molar-refractivity contribution in [3.63, 3.8) is 0 Å². The van der Waals surface area contributed by atoms with E-state index in [1.54, 1.807) is 67.1 Å². The number of thioether (sulfide) groups is 1. The van der Waals surface area contributed by atoms with Crippen LogP contribution >= 0.6 is 11.8 Å². The smallest absolute Gasteiger partial charge is 0.341 e. The molecule has 0 N–H and O–H groups in total. The van der Waals surface area contributed by atoms with Gasteiger partial charge in [0.05, 0.1) is 31.4 Å². The van der Waals surface area contributed by atoms with E-state index in [0.29, 0.717) is 33.8 Å². The molecule has 0 saturated heterocycles. The Morgan fingerprint density at radius 3 is 2.59 bits per heavy atom. The molecule has 4 rings (SSSR count). The van der Waals surface area contributed by atoms with Crippen LogP contribution in [-0.2, 0) is 17.1 Å². The maximum Gasteiger partial charge on any atom is 0.341 e. The number of esters is 1. The maximum absolute atomic E-state index is 14.7. The van der Waals surface area contributed by atoms with Crippen LogP contribution in [0.5, 0.6) is 11.5 Å². The number of methoxy groups -OCH3 is 1. The van der Waals surface area contributed by atoms with Gasteiger partial charge in [-0.1, -0.05) is 23.9 Å². The van der Waals surface area contributed by atoms with E-state index in [-0.39, 0.29) is 24.7 Å². The fourth-order valence-electron chi connectivity index (χ4n) is 3.16. The lowest BCUT2D eigenvalue weighted by Crippen LogP contribution is -2.08. The van der Waals surface area contributed by atoms with E-state index in [0.717, 1.165) is 0 Å². The summed E-state index contributed by atoms with van der Waals surface area (Å²) in [7, 11) is 1.59. The van der Waals surface area contributed by atoms with E-state index in [1.165, 1.54) is 24.1 Å². The van der Waals surface area contributed by atoms with Gasteiger partial charge in [-0.05, 0) is 49.4 Å². The molecule has 176 valence electrons. The third kappa shape index (κ3) is 5.23. The Balaban J connectivity index is 1.58. The third-order valence-corrected chi connectivity index (χ3v) is 5.72. The standard InChI is InChI=1S/C24H22FN3O5S/c1-3-31-23(29)18-12-13-32-21(18)15-34-24-27-26-22(28(24)20-7-5-4-6-19(20)25)14-33-17-10-8-16(30-2)9-11-17/h4-13H,3,14-15H2,1-2H3. The van der Waals surface area contributed by atoms with Crippen molar-refractivity contribution in [2.24, 2.45) is 0 Å². The Morgan fingerprint density at radius 2 is 1.85 bits per heavy atom. The summed E-state index contributed by atoms with van der Waals surface area (Å²) >= 11 is 1.25. The third-order valence-electron chi connectivity index (χ3n) is 4.79. The highest BCUT2D eigenvalue weighted by atomic mass is 32.2. The van der Waals surface area contributed by atoms with Crippen molar-refractivity contribution < 1.29 is 27.8 Å². The van der Waals surface area contributed by atoms with Crippen LogP contribution in [0.1, 0.15) is 28.9 Å². The van der Waals surface area contributed by atoms with Crippen LogP contribution in [0, 0.1) is 5.82 Å². The van der Waals surface area contributed by atoms with Crippen molar-refractivity contribution in [2.45, 2.75) is 24.4 Å². The number of aromatic nitrogens is 3. The first-order valence-corrected chi connectivity index (χ1v) is 11.4. The molecule has 2 aromatic carbocycles. The molecule has 0 spiro atoms. The van der Waals surface area contributed by atoms with Crippen LogP contribution in [-0.4, -0.2) is 34.5 Å². The van der Waals surface area contributed by atoms with Crippen LogP contribution in [0.4, 0.5) is 4.39 Å². The summed E-state index contributed by atoms with van der Waals surface area (Å²) < 4.78 is 37.8. The lowest BCUT2D eigenvalue weighted by molar-refractivity contribution is 0.0524. The summed E-state index contributed by atoms with van der Waals surface area (Å²) in [4.78, 5) is 12.1. The minimum absolute atomic E-state index is 0.0586. The average molecular weight is 484 g/mol. The molecule has 34 heavy (non-hydrogen) atoms. The van der Waals surface area contributed by atoms with Crippen molar-refractivity contribution in [1.29, 1.82) is 0 Å². The van der Waals surface area contributed by atoms with E-state index in [2.05, 4.69) is 10.2 Å². The molecular formula is C24H22FN3O5S. The monoisotopic (exact) mass is 483 g/mol. The zero-order valence-electron chi connectivity index (χ0n) is 18.6. The second-order valence-corrected chi connectivity index (χ2v) is 7.86. The fraction of sp³-hybridized carbons (Fsp3) is 0.208. The van der Waals surface area contributed by atoms with Gasteiger partial charge >= 0.3 is 5.97 Å². The number of hydrogen-bond acceptors (Lipinski definition) is 8. The number of hydrogen-bond donors (Lipinski definition) is 0. The van der Waals surface area contributed by atoms with Crippen LogP contribution in [0.25, 0.3) is 5.69 Å². The maximum atomic E-state index is 14.7. The largest absolute Gasteiger partial charge is 0.497 e. The minimum atomic E-state index is -0.462. The molecule has 0 fully saturated rings. The first-order valence-electron chi connectivity index (χ1n) is 10.4. The predicted molar refractivity (Wildman–Crippen MR) is 123 cm³/mol. The van der Waals surface area contributed by atoms with Crippen molar-refractivity contribution in [3.05, 3.63) is 83.8 Å². The van der Waals surface area contributed by atoms with Crippen LogP contribution in [0.3, 0.4) is 0 Å². The summed E-state index contributed by atoms with van der Waals surface area (Å²) in [5.41, 5.74) is 0.628. The molecule has 10 heteroatoms. The molecule has 8 nitrogen and oxygen atoms in total. The van der Waals surface area contributed by atoms with Crippen molar-refractivity contribution in [3.8, 4) is 17.2 Å². The highest BCUT2D eigenvalue weighted by Gasteiger charge is 2.21. The predicted octanol–water partition coefficient (Wildman–Crippen LogP) is 5.06. The number of rotatable bonds is 10. The summed E-state index contributed by atoms with van der Waals surface area (Å²) in [5, 5.41) is 8.88. The van der Waals surface area contributed by atoms with Crippen molar-refractivity contribution in [2.75, 3.05) is 13.7 Å². The van der Waals surface area contributed by atoms with Gasteiger partial charge in [-0.3, -0.25) is 4.57 Å². The zero-order valence-corrected chi connectivity index (χ0v) is 19.4. The first kappa shape index (κ1) is 23.4. The molecule has 2 heterocycles. The molecule has 0 saturated carbocycles. The first-order chi connectivity index (χ1) is 16.6. The number of halogens is 1. The second-order valence-electron chi connectivity index (χ2n) is 6.92. The molecule has 0 aliphatic carbocycles. The van der Waals surface area contributed by atoms with Gasteiger partial charge in [0.1, 0.15) is 35.2 Å². The Kier molecular flexibility index (Phi) is 7.48. The molecule has 0 aliphatic heterocycles. The Labute approximate surface area is 199 Å². The summed E-state index contributed by atoms with van der Waals surface area (Å²) in [6, 6.07) is 15.0. The van der Waals surface area contributed by atoms with E-state index in [9.17, 15) is 9.18 Å². The second kappa shape index (κ2) is 10.9. The van der Waals surface area contributed by atoms with E-state index in [1.807, 2.05) is 0 Å². The Hall–Kier alpha value is -3.79. The molecule has 0 atom stereocenters. The Bertz CT molecular complexity index is 1260. The Morgan fingerprint density at radius 1 is 1.09 bits per heavy atom. The number of ether oxygens (including phenoxy) is 3. The van der Waals surface area contributed by atoms with Crippen LogP contribution in [0.2, 0.25) is 0 Å². The van der Waals surface area contributed by atoms with Gasteiger partial charge in [0, 0.05) is 0 Å². The minimum Gasteiger partial charge on any atom is -0.497 e. The highest BCUT2D eigenvalue weighted by Crippen LogP contribution is 2.29. The van der Waals surface area contributed by atoms with E-state index < -0.39 is 11.8 Å². The zero-order chi connectivity index (χ0) is 23.9. The van der Waals surface area contributed by atoms with Crippen LogP contribution in [0.15, 0.2) is 70.4 Å². The number of carbonyl (C=O) groups excluding carboxylic acids is 1. The normalized spacial score (nSPS) is 10.8. The fourth-order valence-corrected chi connectivity index (χ4v) is 4.07. The number of benzene rings is 2. The number of furan rings is 1. The topological polar surface area (TPSA) is 88.6 Å². The summed E-state index contributed by atoms with van der Waals surface area (Å²) in [6.45, 7) is 2.05. The van der Waals surface area contributed by atoms with Crippen molar-refractivity contribution in [1.82, 2.24) is 14.8 Å². The molecule has 0 aliphatic rings. The molecule has 0 bridgehead atoms. The molecular weight excluding hydrogens is 461 g/mol. The average Bonchev–Trinajstić information content (AvgIpc) is 3.49. The quantitative estimate of drug-likeness (QED) is 0.229. The van der Waals surface area contributed by atoms with Gasteiger partial charge in [0.2, 0.25) is 0 Å². The lowest BCUT2D eigenvalue weighted by atomic mass is 10.3. The van der Waals surface area contributed by atoms with E-state index >= 15 is 0 Å². The van der Waals surface area contributed by atoms with Crippen molar-refractivity contribution >= 4 is 17.7 Å². The lowest BCUT2D eigenvalue weighted by Gasteiger charge is -2.12. The SMILES string of the molecule is CCOC(=O)c1ccoc1CSc1nnc(COc2ccc(OC)cc2)n1-c1ccccc1F. The molecule has 0 unspecified atom stereocenters. The van der Waals surface area contributed by atoms with Gasteiger partial charge in [-0.2, -0.15) is 0 Å². The van der Waals surface area contributed by atoms with Gasteiger partial charge < -0.3 is 18.6 Å². The van der Waals surface area contributed by atoms with Gasteiger partial charge in [-0.25, -0.2) is 9.18 Å². The number of nitrogens with zero attached hydrogens (tertiary/aromatic N) is 3. The molecule has 0 amide bonds. The van der Waals surface area contributed by atoms with Gasteiger partial charge in [0.25, 0.3) is 0 Å². The number of para-hydroxylation sites is 1. The molecule has 4 aromatic rings. The van der Waals surface area contributed by atoms with E-state index in [4.69, 9.17) is 18.6 Å². The number of carbonyl (C=O) groups is 1. The highest BCUT2D eigenvalue weighted by molar-refractivity contribution is 7.98. The van der Waals surface area contributed by atoms with Crippen LogP contribution < -0.4 is 9.47 Å².